The first-order valence-electron chi connectivity index (χ1n) is 9.21. The Kier molecular flexibility index (Phi) is 4.79. The lowest BCUT2D eigenvalue weighted by Gasteiger charge is -2.42. The number of fused-ring (bicyclic) bond motifs is 3. The normalized spacial score (nSPS) is 20.4. The third-order valence-corrected chi connectivity index (χ3v) is 5.56. The van der Waals surface area contributed by atoms with Gasteiger partial charge in [-0.2, -0.15) is 0 Å². The number of methoxy groups -OCH3 is 1. The van der Waals surface area contributed by atoms with Crippen molar-refractivity contribution in [2.75, 3.05) is 13.7 Å². The number of H-pyrrole nitrogens is 1. The van der Waals surface area contributed by atoms with Crippen molar-refractivity contribution in [2.24, 2.45) is 0 Å². The Morgan fingerprint density at radius 2 is 2.11 bits per heavy atom. The molecule has 0 radical (unpaired) electrons. The predicted octanol–water partition coefficient (Wildman–Crippen LogP) is 5.22. The van der Waals surface area contributed by atoms with Crippen LogP contribution in [0.4, 0.5) is 8.78 Å². The highest BCUT2D eigenvalue weighted by atomic mass is 35.5. The number of para-hydroxylation sites is 1. The van der Waals surface area contributed by atoms with Crippen LogP contribution in [0, 0.1) is 0 Å². The summed E-state index contributed by atoms with van der Waals surface area (Å²) in [6, 6.07) is 9.14. The molecule has 0 aliphatic carbocycles. The zero-order valence-corrected chi connectivity index (χ0v) is 16.7. The molecule has 0 unspecified atom stereocenters. The van der Waals surface area contributed by atoms with E-state index in [9.17, 15) is 8.78 Å². The van der Waals surface area contributed by atoms with Gasteiger partial charge in [0.05, 0.1) is 19.7 Å². The molecule has 2 atom stereocenters. The van der Waals surface area contributed by atoms with Crippen LogP contribution in [0.2, 0.25) is 5.15 Å². The lowest BCUT2D eigenvalue weighted by atomic mass is 9.88. The molecule has 0 saturated carbocycles. The highest BCUT2D eigenvalue weighted by Gasteiger charge is 2.41. The Morgan fingerprint density at radius 3 is 2.82 bits per heavy atom. The first kappa shape index (κ1) is 19.2. The highest BCUT2D eigenvalue weighted by molar-refractivity contribution is 6.29. The van der Waals surface area contributed by atoms with E-state index in [0.717, 1.165) is 34.6 Å². The SMILES string of the molecule is COc1cc(Cl)ncc1[C@@H]1c2[nH]c3ccccc3c2C[C@@H](C)N1CC(C)(F)F. The first-order valence-corrected chi connectivity index (χ1v) is 9.59. The molecular formula is C21H22ClF2N3O. The van der Waals surface area contributed by atoms with E-state index in [4.69, 9.17) is 16.3 Å². The summed E-state index contributed by atoms with van der Waals surface area (Å²) < 4.78 is 33.7. The molecule has 28 heavy (non-hydrogen) atoms. The summed E-state index contributed by atoms with van der Waals surface area (Å²) in [5, 5.41) is 1.42. The number of hydrogen-bond donors (Lipinski definition) is 1. The molecule has 3 heterocycles. The van der Waals surface area contributed by atoms with Crippen molar-refractivity contribution in [1.29, 1.82) is 0 Å². The maximum Gasteiger partial charge on any atom is 0.257 e. The Morgan fingerprint density at radius 1 is 1.36 bits per heavy atom. The van der Waals surface area contributed by atoms with Crippen LogP contribution in [-0.2, 0) is 6.42 Å². The second-order valence-electron chi connectivity index (χ2n) is 7.51. The van der Waals surface area contributed by atoms with Gasteiger partial charge in [-0.1, -0.05) is 29.8 Å². The first-order chi connectivity index (χ1) is 13.3. The number of halogens is 3. The van der Waals surface area contributed by atoms with Gasteiger partial charge >= 0.3 is 0 Å². The minimum atomic E-state index is -2.83. The lowest BCUT2D eigenvalue weighted by Crippen LogP contribution is -2.47. The van der Waals surface area contributed by atoms with Crippen molar-refractivity contribution in [2.45, 2.75) is 38.3 Å². The molecule has 1 aromatic carbocycles. The van der Waals surface area contributed by atoms with Crippen molar-refractivity contribution in [3.05, 3.63) is 58.5 Å². The lowest BCUT2D eigenvalue weighted by molar-refractivity contribution is -0.0369. The summed E-state index contributed by atoms with van der Waals surface area (Å²) >= 11 is 6.04. The number of nitrogens with zero attached hydrogens (tertiary/aromatic N) is 2. The van der Waals surface area contributed by atoms with E-state index >= 15 is 0 Å². The van der Waals surface area contributed by atoms with Crippen LogP contribution in [0.3, 0.4) is 0 Å². The topological polar surface area (TPSA) is 41.1 Å². The number of benzene rings is 1. The predicted molar refractivity (Wildman–Crippen MR) is 106 cm³/mol. The smallest absolute Gasteiger partial charge is 0.257 e. The van der Waals surface area contributed by atoms with Gasteiger partial charge in [-0.05, 0) is 25.0 Å². The molecule has 0 amide bonds. The Bertz CT molecular complexity index is 1010. The van der Waals surface area contributed by atoms with Gasteiger partial charge in [-0.3, -0.25) is 4.90 Å². The van der Waals surface area contributed by atoms with Crippen molar-refractivity contribution in [3.63, 3.8) is 0 Å². The van der Waals surface area contributed by atoms with Gasteiger partial charge in [0.25, 0.3) is 5.92 Å². The van der Waals surface area contributed by atoms with Crippen molar-refractivity contribution in [3.8, 4) is 5.75 Å². The zero-order chi connectivity index (χ0) is 20.1. The molecule has 3 aromatic rings. The third-order valence-electron chi connectivity index (χ3n) is 5.35. The van der Waals surface area contributed by atoms with Crippen molar-refractivity contribution in [1.82, 2.24) is 14.9 Å². The molecule has 4 rings (SSSR count). The number of alkyl halides is 2. The van der Waals surface area contributed by atoms with Gasteiger partial charge in [0.15, 0.2) is 0 Å². The van der Waals surface area contributed by atoms with E-state index in [0.29, 0.717) is 17.3 Å². The van der Waals surface area contributed by atoms with E-state index < -0.39 is 12.0 Å². The van der Waals surface area contributed by atoms with Crippen molar-refractivity contribution >= 4 is 22.5 Å². The maximum atomic E-state index is 14.1. The maximum absolute atomic E-state index is 14.1. The fraction of sp³-hybridized carbons (Fsp3) is 0.381. The molecule has 7 heteroatoms. The molecule has 1 aliphatic heterocycles. The van der Waals surface area contributed by atoms with E-state index in [1.54, 1.807) is 19.4 Å². The highest BCUT2D eigenvalue weighted by Crippen LogP contribution is 2.44. The van der Waals surface area contributed by atoms with E-state index in [2.05, 4.69) is 16.0 Å². The van der Waals surface area contributed by atoms with Gasteiger partial charge in [0.2, 0.25) is 0 Å². The minimum absolute atomic E-state index is 0.0806. The molecule has 148 valence electrons. The third kappa shape index (κ3) is 3.35. The van der Waals surface area contributed by atoms with Crippen LogP contribution >= 0.6 is 11.6 Å². The number of pyridine rings is 1. The number of aromatic nitrogens is 2. The van der Waals surface area contributed by atoms with Crippen LogP contribution in [-0.4, -0.2) is 40.5 Å². The molecular weight excluding hydrogens is 384 g/mol. The summed E-state index contributed by atoms with van der Waals surface area (Å²) in [5.41, 5.74) is 3.78. The molecule has 4 nitrogen and oxygen atoms in total. The summed E-state index contributed by atoms with van der Waals surface area (Å²) in [5.74, 6) is -2.29. The minimum Gasteiger partial charge on any atom is -0.496 e. The largest absolute Gasteiger partial charge is 0.496 e. The average Bonchev–Trinajstić information content (AvgIpc) is 3.00. The number of ether oxygens (including phenoxy) is 1. The summed E-state index contributed by atoms with van der Waals surface area (Å²) in [6.45, 7) is 2.58. The molecule has 0 bridgehead atoms. The van der Waals surface area contributed by atoms with Gasteiger partial charge in [0.1, 0.15) is 10.9 Å². The van der Waals surface area contributed by atoms with Crippen LogP contribution < -0.4 is 4.74 Å². The van der Waals surface area contributed by atoms with Crippen LogP contribution in [0.25, 0.3) is 10.9 Å². The Balaban J connectivity index is 1.95. The van der Waals surface area contributed by atoms with Crippen LogP contribution in [0.1, 0.15) is 36.7 Å². The molecule has 0 spiro atoms. The average molecular weight is 406 g/mol. The molecule has 0 saturated heterocycles. The van der Waals surface area contributed by atoms with Crippen LogP contribution in [0.15, 0.2) is 36.5 Å². The van der Waals surface area contributed by atoms with Gasteiger partial charge in [-0.25, -0.2) is 13.8 Å². The molecule has 1 N–H and O–H groups in total. The van der Waals surface area contributed by atoms with Gasteiger partial charge in [0, 0.05) is 47.4 Å². The summed E-state index contributed by atoms with van der Waals surface area (Å²) in [7, 11) is 1.55. The number of hydrogen-bond acceptors (Lipinski definition) is 3. The molecule has 1 aliphatic rings. The van der Waals surface area contributed by atoms with E-state index in [-0.39, 0.29) is 12.6 Å². The fourth-order valence-electron chi connectivity index (χ4n) is 4.21. The standard InChI is InChI=1S/C21H22ClF2N3O/c1-12-8-14-13-6-4-5-7-16(13)26-19(14)20(27(12)11-21(2,23)24)15-10-25-18(22)9-17(15)28-3/h4-7,9-10,12,20,26H,8,11H2,1-3H3/t12-,20-/m1/s1. The second kappa shape index (κ2) is 7.01. The van der Waals surface area contributed by atoms with Crippen molar-refractivity contribution < 1.29 is 13.5 Å². The Labute approximate surface area is 167 Å². The fourth-order valence-corrected chi connectivity index (χ4v) is 4.36. The molecule has 0 fully saturated rings. The number of rotatable bonds is 4. The summed E-state index contributed by atoms with van der Waals surface area (Å²) in [4.78, 5) is 9.49. The van der Waals surface area contributed by atoms with E-state index in [1.165, 1.54) is 0 Å². The monoisotopic (exact) mass is 405 g/mol. The number of nitrogens with one attached hydrogen (secondary N) is 1. The molecule has 2 aromatic heterocycles. The van der Waals surface area contributed by atoms with E-state index in [1.807, 2.05) is 30.0 Å². The second-order valence-corrected chi connectivity index (χ2v) is 7.90. The zero-order valence-electron chi connectivity index (χ0n) is 16.0. The van der Waals surface area contributed by atoms with Crippen LogP contribution in [0.5, 0.6) is 5.75 Å². The number of aromatic amines is 1. The quantitative estimate of drug-likeness (QED) is 0.605. The Hall–Kier alpha value is -2.18. The van der Waals surface area contributed by atoms with Gasteiger partial charge < -0.3 is 9.72 Å². The summed E-state index contributed by atoms with van der Waals surface area (Å²) in [6.07, 6.45) is 2.31. The van der Waals surface area contributed by atoms with Gasteiger partial charge in [-0.15, -0.1) is 0 Å².